The number of likely N-dealkylation sites (tertiary alicyclic amines) is 1. The second-order valence-electron chi connectivity index (χ2n) is 13.8. The van der Waals surface area contributed by atoms with Crippen LogP contribution in [-0.4, -0.2) is 93.7 Å². The molecule has 5 aliphatic heterocycles. The number of anilines is 2. The molecule has 5 aliphatic rings. The lowest BCUT2D eigenvalue weighted by Gasteiger charge is -2.31. The van der Waals surface area contributed by atoms with Gasteiger partial charge in [-0.1, -0.05) is 11.6 Å². The number of carbonyl (C=O) groups is 1. The summed E-state index contributed by atoms with van der Waals surface area (Å²) in [6.45, 7) is 3.03. The van der Waals surface area contributed by atoms with E-state index in [1.165, 1.54) is 24.9 Å². The van der Waals surface area contributed by atoms with Crippen molar-refractivity contribution in [3.63, 3.8) is 0 Å². The van der Waals surface area contributed by atoms with Crippen LogP contribution in [0.2, 0.25) is 5.02 Å². The molecule has 0 radical (unpaired) electrons. The Morgan fingerprint density at radius 2 is 1.87 bits per heavy atom. The van der Waals surface area contributed by atoms with E-state index < -0.39 is 53.2 Å². The van der Waals surface area contributed by atoms with E-state index in [4.69, 9.17) is 26.8 Å². The lowest BCUT2D eigenvalue weighted by Crippen LogP contribution is -2.30. The number of hydrogen-bond acceptors (Lipinski definition) is 9. The van der Waals surface area contributed by atoms with E-state index in [0.29, 0.717) is 54.9 Å². The number of nitrogen functional groups attached to an aromatic ring is 1. The fourth-order valence-electron chi connectivity index (χ4n) is 7.82. The van der Waals surface area contributed by atoms with Crippen molar-refractivity contribution < 1.29 is 40.6 Å². The van der Waals surface area contributed by atoms with Gasteiger partial charge in [-0.25, -0.2) is 13.2 Å². The number of alkyl halides is 5. The fraction of sp³-hybridized carbons (Fsp3) is 0.588. The van der Waals surface area contributed by atoms with Gasteiger partial charge in [0.25, 0.3) is 5.91 Å². The topological polar surface area (TPSA) is 115 Å². The molecule has 1 aromatic carbocycles. The predicted octanol–water partition coefficient (Wildman–Crippen LogP) is 5.68. The molecule has 0 saturated carbocycles. The Bertz CT molecular complexity index is 1820. The molecule has 3 fully saturated rings. The van der Waals surface area contributed by atoms with Gasteiger partial charge >= 0.3 is 12.2 Å². The molecule has 0 aliphatic carbocycles. The number of fused-ring (bicyclic) bond motifs is 3. The maximum Gasteiger partial charge on any atom is 0.416 e. The van der Waals surface area contributed by atoms with E-state index >= 15 is 4.39 Å². The Balaban J connectivity index is 0.000000404. The third-order valence-electron chi connectivity index (χ3n) is 10.4. The largest absolute Gasteiger partial charge is 0.467 e. The summed E-state index contributed by atoms with van der Waals surface area (Å²) in [5.41, 5.74) is 4.77. The number of aromatic nitrogens is 4. The van der Waals surface area contributed by atoms with Crippen LogP contribution in [0.4, 0.5) is 37.8 Å². The molecule has 4 unspecified atom stereocenters. The van der Waals surface area contributed by atoms with Gasteiger partial charge in [-0.15, -0.1) is 0 Å². The normalized spacial score (nSPS) is 24.5. The summed E-state index contributed by atoms with van der Waals surface area (Å²) in [5.74, 6) is -1.23. The Labute approximate surface area is 301 Å². The zero-order valence-electron chi connectivity index (χ0n) is 28.4. The Kier molecular flexibility index (Phi) is 10.2. The molecule has 3 saturated heterocycles. The van der Waals surface area contributed by atoms with E-state index in [1.807, 2.05) is 4.90 Å². The van der Waals surface area contributed by atoms with Crippen molar-refractivity contribution in [2.45, 2.75) is 88.9 Å². The number of methoxy groups -OCH3 is 1. The second kappa shape index (κ2) is 14.5. The van der Waals surface area contributed by atoms with Gasteiger partial charge in [0.15, 0.2) is 11.5 Å². The van der Waals surface area contributed by atoms with E-state index in [9.17, 15) is 26.7 Å². The number of carbonyl (C=O) groups excluding carboxylic acids is 1. The SMILES string of the molecule is COc1nc2c(c(N3CCCn4nc(C(=O)N5CCC(F)C5)c(Cl)c4C3)n1)COC(c1c(C(F)(F)F)ccc(N)c1F)C2.FC1CC2CCCN2C1. The number of rotatable bonds is 4. The van der Waals surface area contributed by atoms with Crippen molar-refractivity contribution in [3.8, 4) is 6.01 Å². The highest BCUT2D eigenvalue weighted by Crippen LogP contribution is 2.43. The lowest BCUT2D eigenvalue weighted by molar-refractivity contribution is -0.140. The minimum atomic E-state index is -4.83. The third kappa shape index (κ3) is 7.10. The summed E-state index contributed by atoms with van der Waals surface area (Å²) in [6.07, 6.45) is -3.77. The van der Waals surface area contributed by atoms with E-state index in [-0.39, 0.29) is 55.8 Å². The van der Waals surface area contributed by atoms with Gasteiger partial charge in [-0.2, -0.15) is 28.2 Å². The van der Waals surface area contributed by atoms with Crippen LogP contribution in [0.3, 0.4) is 0 Å². The molecule has 52 heavy (non-hydrogen) atoms. The highest BCUT2D eigenvalue weighted by Gasteiger charge is 2.41. The van der Waals surface area contributed by atoms with Gasteiger partial charge < -0.3 is 25.0 Å². The number of amides is 1. The van der Waals surface area contributed by atoms with Gasteiger partial charge in [0.05, 0.1) is 60.6 Å². The third-order valence-corrected chi connectivity index (χ3v) is 10.8. The van der Waals surface area contributed by atoms with Crippen LogP contribution in [0.1, 0.15) is 76.8 Å². The molecule has 2 N–H and O–H groups in total. The molecule has 0 spiro atoms. The van der Waals surface area contributed by atoms with Crippen LogP contribution in [0, 0.1) is 5.82 Å². The maximum absolute atomic E-state index is 15.0. The zero-order chi connectivity index (χ0) is 36.9. The van der Waals surface area contributed by atoms with E-state index in [2.05, 4.69) is 20.0 Å². The number of benzene rings is 1. The predicted molar refractivity (Wildman–Crippen MR) is 178 cm³/mol. The van der Waals surface area contributed by atoms with Crippen molar-refractivity contribution in [2.75, 3.05) is 50.5 Å². The smallest absolute Gasteiger partial charge is 0.416 e. The molecule has 3 aromatic rings. The molecule has 8 rings (SSSR count). The first-order valence-corrected chi connectivity index (χ1v) is 17.7. The number of ether oxygens (including phenoxy) is 2. The molecular formula is C34H39ClF6N8O3. The highest BCUT2D eigenvalue weighted by molar-refractivity contribution is 6.34. The summed E-state index contributed by atoms with van der Waals surface area (Å²) < 4.78 is 95.6. The Morgan fingerprint density at radius 3 is 2.58 bits per heavy atom. The molecule has 2 aromatic heterocycles. The second-order valence-corrected chi connectivity index (χ2v) is 14.1. The summed E-state index contributed by atoms with van der Waals surface area (Å²) in [7, 11) is 1.36. The van der Waals surface area contributed by atoms with E-state index in [1.54, 1.807) is 4.68 Å². The Morgan fingerprint density at radius 1 is 1.06 bits per heavy atom. The molecule has 1 amide bonds. The van der Waals surface area contributed by atoms with Gasteiger partial charge in [-0.3, -0.25) is 14.4 Å². The van der Waals surface area contributed by atoms with Crippen molar-refractivity contribution in [3.05, 3.63) is 56.7 Å². The van der Waals surface area contributed by atoms with Crippen LogP contribution in [0.5, 0.6) is 6.01 Å². The summed E-state index contributed by atoms with van der Waals surface area (Å²) in [6, 6.07) is 2.19. The van der Waals surface area contributed by atoms with Crippen molar-refractivity contribution in [1.82, 2.24) is 29.5 Å². The van der Waals surface area contributed by atoms with Gasteiger partial charge in [0.1, 0.15) is 18.2 Å². The molecule has 18 heteroatoms. The van der Waals surface area contributed by atoms with Crippen molar-refractivity contribution in [2.24, 2.45) is 0 Å². The summed E-state index contributed by atoms with van der Waals surface area (Å²) in [4.78, 5) is 27.5. The van der Waals surface area contributed by atoms with Gasteiger partial charge in [0, 0.05) is 49.8 Å². The van der Waals surface area contributed by atoms with Gasteiger partial charge in [-0.05, 0) is 50.8 Å². The number of hydrogen-bond donors (Lipinski definition) is 1. The molecule has 4 atom stereocenters. The zero-order valence-corrected chi connectivity index (χ0v) is 29.2. The minimum Gasteiger partial charge on any atom is -0.467 e. The molecular weight excluding hydrogens is 718 g/mol. The number of nitrogens with two attached hydrogens (primary N) is 1. The van der Waals surface area contributed by atoms with E-state index in [0.717, 1.165) is 25.1 Å². The van der Waals surface area contributed by atoms with Crippen LogP contribution in [-0.2, 0) is 37.0 Å². The number of nitrogens with zero attached hydrogens (tertiary/aromatic N) is 7. The first-order chi connectivity index (χ1) is 24.8. The van der Waals surface area contributed by atoms with Crippen LogP contribution >= 0.6 is 11.6 Å². The Hall–Kier alpha value is -3.83. The molecule has 282 valence electrons. The van der Waals surface area contributed by atoms with Crippen LogP contribution < -0.4 is 15.4 Å². The highest BCUT2D eigenvalue weighted by atomic mass is 35.5. The van der Waals surface area contributed by atoms with Gasteiger partial charge in [0.2, 0.25) is 0 Å². The standard InChI is InChI=1S/C27H27ClF5N7O3.C7H12FN/c1-42-26-35-17-9-19(20-15(27(31,32)33)3-4-16(34)22(20)30)43-12-14(17)24(36-26)38-6-2-7-40-18(11-38)21(28)23(37-40)25(41)39-8-5-13(29)10-39;8-6-4-7-2-1-3-9(7)5-6/h3-4,13,19H,2,5-12,34H2,1H3;6-7H,1-5H2. The van der Waals surface area contributed by atoms with Crippen LogP contribution in [0.25, 0.3) is 0 Å². The molecule has 11 nitrogen and oxygen atoms in total. The fourth-order valence-corrected chi connectivity index (χ4v) is 8.09. The first-order valence-electron chi connectivity index (χ1n) is 17.3. The maximum atomic E-state index is 15.0. The summed E-state index contributed by atoms with van der Waals surface area (Å²) >= 11 is 6.67. The quantitative estimate of drug-likeness (QED) is 0.266. The van der Waals surface area contributed by atoms with Crippen LogP contribution in [0.15, 0.2) is 12.1 Å². The number of halogens is 7. The van der Waals surface area contributed by atoms with Crippen molar-refractivity contribution in [1.29, 1.82) is 0 Å². The molecule has 0 bridgehead atoms. The average molecular weight is 757 g/mol. The van der Waals surface area contributed by atoms with Crippen molar-refractivity contribution >= 4 is 29.0 Å². The number of aryl methyl sites for hydroxylation is 1. The average Bonchev–Trinajstić information content (AvgIpc) is 3.86. The minimum absolute atomic E-state index is 0.0126. The summed E-state index contributed by atoms with van der Waals surface area (Å²) in [5, 5.41) is 4.60. The molecule has 7 heterocycles. The first kappa shape index (κ1) is 36.5. The lowest BCUT2D eigenvalue weighted by atomic mass is 9.94. The monoisotopic (exact) mass is 756 g/mol.